The van der Waals surface area contributed by atoms with E-state index < -0.39 is 10.0 Å². The van der Waals surface area contributed by atoms with Crippen LogP contribution >= 0.6 is 11.8 Å². The highest BCUT2D eigenvalue weighted by atomic mass is 32.2. The maximum Gasteiger partial charge on any atom is 0.218 e. The minimum Gasteiger partial charge on any atom is -0.212 e. The van der Waals surface area contributed by atoms with Gasteiger partial charge in [-0.25, -0.2) is 12.7 Å². The average molecular weight is 298 g/mol. The van der Waals surface area contributed by atoms with Crippen LogP contribution in [0.15, 0.2) is 24.3 Å². The summed E-state index contributed by atoms with van der Waals surface area (Å²) in [5.74, 6) is 0.733. The third-order valence-electron chi connectivity index (χ3n) is 2.90. The summed E-state index contributed by atoms with van der Waals surface area (Å²) in [5.41, 5.74) is 1.23. The van der Waals surface area contributed by atoms with E-state index in [-0.39, 0.29) is 11.8 Å². The van der Waals surface area contributed by atoms with Gasteiger partial charge in [0.1, 0.15) is 0 Å². The molecule has 0 heterocycles. The van der Waals surface area contributed by atoms with E-state index in [9.17, 15) is 8.42 Å². The van der Waals surface area contributed by atoms with Gasteiger partial charge in [-0.15, -0.1) is 0 Å². The minimum atomic E-state index is -3.32. The van der Waals surface area contributed by atoms with Crippen molar-refractivity contribution in [1.29, 1.82) is 5.26 Å². The highest BCUT2D eigenvalue weighted by Crippen LogP contribution is 2.14. The van der Waals surface area contributed by atoms with Crippen molar-refractivity contribution >= 4 is 21.8 Å². The normalized spacial score (nSPS) is 13.2. The summed E-state index contributed by atoms with van der Waals surface area (Å²) < 4.78 is 25.9. The molecule has 104 valence electrons. The maximum atomic E-state index is 12.2. The number of nitriles is 1. The van der Waals surface area contributed by atoms with E-state index in [1.807, 2.05) is 19.2 Å². The van der Waals surface area contributed by atoms with Gasteiger partial charge in [-0.1, -0.05) is 12.1 Å². The van der Waals surface area contributed by atoms with Crippen molar-refractivity contribution in [3.8, 4) is 6.07 Å². The van der Waals surface area contributed by atoms with Gasteiger partial charge in [-0.3, -0.25) is 0 Å². The summed E-state index contributed by atoms with van der Waals surface area (Å²) in [6.45, 7) is 1.90. The highest BCUT2D eigenvalue weighted by molar-refractivity contribution is 7.98. The van der Waals surface area contributed by atoms with Gasteiger partial charge in [-0.2, -0.15) is 17.0 Å². The van der Waals surface area contributed by atoms with Crippen LogP contribution < -0.4 is 0 Å². The SMILES string of the molecule is CSCC(C)N(C)S(=O)(=O)Cc1ccc(C#N)cc1. The Morgan fingerprint density at radius 3 is 2.42 bits per heavy atom. The maximum absolute atomic E-state index is 12.2. The van der Waals surface area contributed by atoms with E-state index in [2.05, 4.69) is 0 Å². The number of sulfonamides is 1. The van der Waals surface area contributed by atoms with E-state index >= 15 is 0 Å². The van der Waals surface area contributed by atoms with Gasteiger partial charge in [0.15, 0.2) is 0 Å². The van der Waals surface area contributed by atoms with Gasteiger partial charge in [0.05, 0.1) is 17.4 Å². The van der Waals surface area contributed by atoms with Crippen LogP contribution in [0.4, 0.5) is 0 Å². The first-order valence-electron chi connectivity index (χ1n) is 5.84. The van der Waals surface area contributed by atoms with Crippen molar-refractivity contribution in [2.24, 2.45) is 0 Å². The lowest BCUT2D eigenvalue weighted by molar-refractivity contribution is 0.414. The molecule has 0 aromatic heterocycles. The molecular weight excluding hydrogens is 280 g/mol. The predicted octanol–water partition coefficient (Wildman–Crippen LogP) is 2.07. The fourth-order valence-electron chi connectivity index (χ4n) is 1.61. The fraction of sp³-hybridized carbons (Fsp3) is 0.462. The third-order valence-corrected chi connectivity index (χ3v) is 5.65. The number of nitrogens with zero attached hydrogens (tertiary/aromatic N) is 2. The number of thioether (sulfide) groups is 1. The summed E-state index contributed by atoms with van der Waals surface area (Å²) >= 11 is 1.62. The summed E-state index contributed by atoms with van der Waals surface area (Å²) in [4.78, 5) is 0. The molecule has 0 spiro atoms. The Bertz CT molecular complexity index is 547. The summed E-state index contributed by atoms with van der Waals surface area (Å²) in [7, 11) is -1.71. The molecule has 1 unspecified atom stereocenters. The Morgan fingerprint density at radius 2 is 1.95 bits per heavy atom. The Balaban J connectivity index is 2.81. The monoisotopic (exact) mass is 298 g/mol. The van der Waals surface area contributed by atoms with Crippen LogP contribution in [0.1, 0.15) is 18.1 Å². The van der Waals surface area contributed by atoms with E-state index in [4.69, 9.17) is 5.26 Å². The van der Waals surface area contributed by atoms with Gasteiger partial charge in [0.2, 0.25) is 10.0 Å². The lowest BCUT2D eigenvalue weighted by atomic mass is 10.2. The second kappa shape index (κ2) is 6.94. The smallest absolute Gasteiger partial charge is 0.212 e. The second-order valence-electron chi connectivity index (χ2n) is 4.39. The van der Waals surface area contributed by atoms with Gasteiger partial charge in [0, 0.05) is 18.8 Å². The molecule has 0 aliphatic carbocycles. The number of hydrogen-bond acceptors (Lipinski definition) is 4. The van der Waals surface area contributed by atoms with Crippen LogP contribution in [0.3, 0.4) is 0 Å². The topological polar surface area (TPSA) is 61.2 Å². The molecule has 1 atom stereocenters. The molecule has 4 nitrogen and oxygen atoms in total. The first-order chi connectivity index (χ1) is 8.90. The summed E-state index contributed by atoms with van der Waals surface area (Å²) in [5, 5.41) is 8.70. The Kier molecular flexibility index (Phi) is 5.85. The molecule has 1 rings (SSSR count). The fourth-order valence-corrected chi connectivity index (χ4v) is 3.85. The zero-order valence-electron chi connectivity index (χ0n) is 11.3. The van der Waals surface area contributed by atoms with E-state index in [0.717, 1.165) is 5.75 Å². The van der Waals surface area contributed by atoms with Crippen LogP contribution in [0.25, 0.3) is 0 Å². The van der Waals surface area contributed by atoms with Gasteiger partial charge >= 0.3 is 0 Å². The molecule has 0 aliphatic heterocycles. The minimum absolute atomic E-state index is 0.0293. The molecule has 0 aliphatic rings. The highest BCUT2D eigenvalue weighted by Gasteiger charge is 2.23. The Labute approximate surface area is 119 Å². The molecule has 1 aromatic carbocycles. The average Bonchev–Trinajstić information content (AvgIpc) is 2.38. The van der Waals surface area contributed by atoms with Crippen LogP contribution in [0, 0.1) is 11.3 Å². The molecule has 0 amide bonds. The van der Waals surface area contributed by atoms with E-state index in [0.29, 0.717) is 11.1 Å². The van der Waals surface area contributed by atoms with Gasteiger partial charge in [-0.05, 0) is 30.9 Å². The molecule has 0 bridgehead atoms. The quantitative estimate of drug-likeness (QED) is 0.806. The predicted molar refractivity (Wildman–Crippen MR) is 79.4 cm³/mol. The van der Waals surface area contributed by atoms with E-state index in [1.54, 1.807) is 43.1 Å². The van der Waals surface area contributed by atoms with Crippen molar-refractivity contribution in [1.82, 2.24) is 4.31 Å². The largest absolute Gasteiger partial charge is 0.218 e. The zero-order valence-corrected chi connectivity index (χ0v) is 13.0. The molecule has 1 aromatic rings. The summed E-state index contributed by atoms with van der Waals surface area (Å²) in [6, 6.07) is 8.62. The first-order valence-corrected chi connectivity index (χ1v) is 8.84. The molecule has 19 heavy (non-hydrogen) atoms. The first kappa shape index (κ1) is 16.0. The molecule has 0 fully saturated rings. The molecular formula is C13H18N2O2S2. The molecule has 0 saturated heterocycles. The van der Waals surface area contributed by atoms with E-state index in [1.165, 1.54) is 4.31 Å². The molecule has 6 heteroatoms. The van der Waals surface area contributed by atoms with Crippen LogP contribution in [0.2, 0.25) is 0 Å². The Hall–Kier alpha value is -1.03. The van der Waals surface area contributed by atoms with Crippen molar-refractivity contribution in [3.63, 3.8) is 0 Å². The zero-order chi connectivity index (χ0) is 14.5. The lowest BCUT2D eigenvalue weighted by Crippen LogP contribution is -2.37. The standard InChI is InChI=1S/C13H18N2O2S2/c1-11(9-18-3)15(2)19(16,17)10-13-6-4-12(8-14)5-7-13/h4-7,11H,9-10H2,1-3H3. The Morgan fingerprint density at radius 1 is 1.37 bits per heavy atom. The molecule has 0 N–H and O–H groups in total. The van der Waals surface area contributed by atoms with Gasteiger partial charge < -0.3 is 0 Å². The third kappa shape index (κ3) is 4.53. The lowest BCUT2D eigenvalue weighted by Gasteiger charge is -2.23. The van der Waals surface area contributed by atoms with Crippen molar-refractivity contribution in [2.45, 2.75) is 18.7 Å². The van der Waals surface area contributed by atoms with Crippen molar-refractivity contribution in [2.75, 3.05) is 19.1 Å². The van der Waals surface area contributed by atoms with Gasteiger partial charge in [0.25, 0.3) is 0 Å². The number of rotatable bonds is 6. The van der Waals surface area contributed by atoms with Crippen molar-refractivity contribution in [3.05, 3.63) is 35.4 Å². The van der Waals surface area contributed by atoms with Crippen LogP contribution in [0.5, 0.6) is 0 Å². The molecule has 0 radical (unpaired) electrons. The molecule has 0 saturated carbocycles. The number of hydrogen-bond donors (Lipinski definition) is 0. The van der Waals surface area contributed by atoms with Crippen LogP contribution in [-0.4, -0.2) is 37.8 Å². The number of benzene rings is 1. The van der Waals surface area contributed by atoms with Crippen LogP contribution in [-0.2, 0) is 15.8 Å². The van der Waals surface area contributed by atoms with Crippen molar-refractivity contribution < 1.29 is 8.42 Å². The summed E-state index contributed by atoms with van der Waals surface area (Å²) in [6.07, 6.45) is 1.96. The second-order valence-corrected chi connectivity index (χ2v) is 7.32.